The average Bonchev–Trinajstić information content (AvgIpc) is 3.20. The second-order valence-electron chi connectivity index (χ2n) is 7.18. The van der Waals surface area contributed by atoms with Crippen molar-refractivity contribution in [3.63, 3.8) is 0 Å². The fourth-order valence-electron chi connectivity index (χ4n) is 3.85. The third-order valence-electron chi connectivity index (χ3n) is 5.37. The van der Waals surface area contributed by atoms with E-state index in [2.05, 4.69) is 33.1 Å². The van der Waals surface area contributed by atoms with Crippen molar-refractivity contribution in [3.05, 3.63) is 52.8 Å². The van der Waals surface area contributed by atoms with Crippen LogP contribution < -0.4 is 4.90 Å². The molecule has 0 unspecified atom stereocenters. The fraction of sp³-hybridized carbons (Fsp3) is 0.350. The Morgan fingerprint density at radius 2 is 1.75 bits per heavy atom. The highest BCUT2D eigenvalue weighted by atomic mass is 32.2. The topological polar surface area (TPSA) is 50.5 Å². The highest BCUT2D eigenvalue weighted by Gasteiger charge is 2.24. The predicted molar refractivity (Wildman–Crippen MR) is 115 cm³/mol. The molecule has 0 radical (unpaired) electrons. The maximum absolute atomic E-state index is 12.4. The summed E-state index contributed by atoms with van der Waals surface area (Å²) in [4.78, 5) is 2.61. The van der Waals surface area contributed by atoms with Crippen molar-refractivity contribution in [1.82, 2.24) is 13.4 Å². The van der Waals surface area contributed by atoms with Crippen LogP contribution in [0.2, 0.25) is 0 Å². The lowest BCUT2D eigenvalue weighted by molar-refractivity contribution is 0.520. The van der Waals surface area contributed by atoms with E-state index in [4.69, 9.17) is 12.2 Å². The zero-order chi connectivity index (χ0) is 20.1. The zero-order valence-corrected chi connectivity index (χ0v) is 17.9. The molecule has 148 valence electrons. The van der Waals surface area contributed by atoms with Gasteiger partial charge in [0.15, 0.2) is 4.77 Å². The number of nitrogens with zero attached hydrogens (tertiary/aromatic N) is 4. The van der Waals surface area contributed by atoms with E-state index in [1.54, 1.807) is 26.2 Å². The molecule has 0 aliphatic carbocycles. The Kier molecular flexibility index (Phi) is 4.81. The number of benzene rings is 2. The van der Waals surface area contributed by atoms with Gasteiger partial charge in [0.2, 0.25) is 10.0 Å². The third-order valence-corrected chi connectivity index (χ3v) is 7.63. The number of anilines is 1. The minimum Gasteiger partial charge on any atom is -0.353 e. The lowest BCUT2D eigenvalue weighted by atomic mass is 10.2. The van der Waals surface area contributed by atoms with Crippen molar-refractivity contribution in [1.29, 1.82) is 0 Å². The quantitative estimate of drug-likeness (QED) is 0.598. The Morgan fingerprint density at radius 1 is 1.07 bits per heavy atom. The number of imidazole rings is 1. The first-order valence-electron chi connectivity index (χ1n) is 9.33. The molecule has 0 saturated carbocycles. The van der Waals surface area contributed by atoms with E-state index in [9.17, 15) is 8.42 Å². The highest BCUT2D eigenvalue weighted by Crippen LogP contribution is 2.32. The summed E-state index contributed by atoms with van der Waals surface area (Å²) < 4.78 is 31.2. The van der Waals surface area contributed by atoms with Crippen molar-refractivity contribution in [2.75, 3.05) is 25.5 Å². The van der Waals surface area contributed by atoms with Gasteiger partial charge in [-0.15, -0.1) is 0 Å². The molecule has 0 atom stereocenters. The van der Waals surface area contributed by atoms with Gasteiger partial charge in [0, 0.05) is 32.9 Å². The smallest absolute Gasteiger partial charge is 0.242 e. The number of sulfonamides is 1. The second kappa shape index (κ2) is 7.02. The Labute approximate surface area is 170 Å². The third kappa shape index (κ3) is 2.96. The van der Waals surface area contributed by atoms with Crippen LogP contribution in [0.15, 0.2) is 47.4 Å². The Bertz CT molecular complexity index is 1210. The van der Waals surface area contributed by atoms with Crippen LogP contribution in [0.25, 0.3) is 11.0 Å². The van der Waals surface area contributed by atoms with E-state index in [0.717, 1.165) is 46.6 Å². The molecule has 0 bridgehead atoms. The van der Waals surface area contributed by atoms with Gasteiger partial charge in [0.25, 0.3) is 0 Å². The highest BCUT2D eigenvalue weighted by molar-refractivity contribution is 7.89. The van der Waals surface area contributed by atoms with Gasteiger partial charge in [-0.1, -0.05) is 12.1 Å². The molecule has 2 heterocycles. The molecule has 0 N–H and O–H groups in total. The average molecular weight is 417 g/mol. The van der Waals surface area contributed by atoms with Crippen LogP contribution in [0.1, 0.15) is 12.5 Å². The van der Waals surface area contributed by atoms with Crippen LogP contribution in [0, 0.1) is 4.77 Å². The summed E-state index contributed by atoms with van der Waals surface area (Å²) in [6, 6.07) is 13.7. The first-order valence-corrected chi connectivity index (χ1v) is 11.2. The number of hydrogen-bond donors (Lipinski definition) is 0. The van der Waals surface area contributed by atoms with Crippen LogP contribution in [0.3, 0.4) is 0 Å². The molecule has 8 heteroatoms. The number of hydrogen-bond acceptors (Lipinski definition) is 4. The first-order chi connectivity index (χ1) is 13.3. The van der Waals surface area contributed by atoms with Gasteiger partial charge >= 0.3 is 0 Å². The second-order valence-corrected chi connectivity index (χ2v) is 9.69. The Balaban J connectivity index is 1.72. The van der Waals surface area contributed by atoms with Crippen LogP contribution in [0.5, 0.6) is 0 Å². The largest absolute Gasteiger partial charge is 0.353 e. The van der Waals surface area contributed by atoms with Gasteiger partial charge in [-0.05, 0) is 61.5 Å². The van der Waals surface area contributed by atoms with Gasteiger partial charge in [-0.25, -0.2) is 12.7 Å². The first kappa shape index (κ1) is 19.2. The molecule has 6 nitrogen and oxygen atoms in total. The van der Waals surface area contributed by atoms with Gasteiger partial charge in [0.05, 0.1) is 22.6 Å². The molecular formula is C20H24N4O2S2. The summed E-state index contributed by atoms with van der Waals surface area (Å²) in [5.74, 6) is 0. The Morgan fingerprint density at radius 3 is 2.39 bits per heavy atom. The summed E-state index contributed by atoms with van der Waals surface area (Å²) in [6.45, 7) is 4.42. The van der Waals surface area contributed by atoms with Crippen molar-refractivity contribution < 1.29 is 8.42 Å². The molecule has 0 spiro atoms. The molecule has 0 saturated heterocycles. The molecule has 0 amide bonds. The van der Waals surface area contributed by atoms with Crippen LogP contribution >= 0.6 is 12.2 Å². The van der Waals surface area contributed by atoms with E-state index >= 15 is 0 Å². The van der Waals surface area contributed by atoms with Crippen LogP contribution in [-0.4, -0.2) is 42.5 Å². The standard InChI is InChI=1S/C20H24N4O2S2/c1-4-23-18-7-5-6-8-19(18)24(20(23)27)14-22-12-11-15-13-16(9-10-17(15)22)28(25,26)21(2)3/h5-10,13H,4,11-12,14H2,1-3H3. The minimum absolute atomic E-state index is 0.345. The number of fused-ring (bicyclic) bond motifs is 2. The van der Waals surface area contributed by atoms with Crippen LogP contribution in [0.4, 0.5) is 5.69 Å². The minimum atomic E-state index is -3.42. The summed E-state index contributed by atoms with van der Waals surface area (Å²) in [5, 5.41) is 0. The van der Waals surface area contributed by atoms with Crippen molar-refractivity contribution in [2.24, 2.45) is 0 Å². The molecule has 1 aromatic heterocycles. The molecular weight excluding hydrogens is 392 g/mol. The zero-order valence-electron chi connectivity index (χ0n) is 16.3. The lowest BCUT2D eigenvalue weighted by Gasteiger charge is -2.21. The molecule has 4 rings (SSSR count). The van der Waals surface area contributed by atoms with E-state index < -0.39 is 10.0 Å². The molecule has 2 aromatic carbocycles. The lowest BCUT2D eigenvalue weighted by Crippen LogP contribution is -2.24. The number of aromatic nitrogens is 2. The van der Waals surface area contributed by atoms with Gasteiger partial charge in [0.1, 0.15) is 0 Å². The van der Waals surface area contributed by atoms with Crippen molar-refractivity contribution >= 4 is 39.0 Å². The molecule has 28 heavy (non-hydrogen) atoms. The van der Waals surface area contributed by atoms with Crippen molar-refractivity contribution in [2.45, 2.75) is 31.5 Å². The molecule has 1 aliphatic heterocycles. The number of rotatable bonds is 5. The van der Waals surface area contributed by atoms with Crippen LogP contribution in [-0.2, 0) is 29.7 Å². The summed E-state index contributed by atoms with van der Waals surface area (Å²) in [7, 11) is -0.309. The monoisotopic (exact) mass is 416 g/mol. The van der Waals surface area contributed by atoms with Gasteiger partial charge in [-0.3, -0.25) is 4.57 Å². The van der Waals surface area contributed by atoms with Crippen molar-refractivity contribution in [3.8, 4) is 0 Å². The fourth-order valence-corrected chi connectivity index (χ4v) is 5.19. The normalized spacial score (nSPS) is 14.2. The number of para-hydroxylation sites is 2. The van der Waals surface area contributed by atoms with E-state index in [1.807, 2.05) is 18.2 Å². The summed E-state index contributed by atoms with van der Waals surface area (Å²) >= 11 is 5.74. The van der Waals surface area contributed by atoms with Gasteiger partial charge in [-0.2, -0.15) is 0 Å². The van der Waals surface area contributed by atoms with E-state index in [-0.39, 0.29) is 0 Å². The molecule has 3 aromatic rings. The Hall–Kier alpha value is -2.16. The van der Waals surface area contributed by atoms with E-state index in [0.29, 0.717) is 11.6 Å². The SMILES string of the molecule is CCn1c(=S)n(CN2CCc3cc(S(=O)(=O)N(C)C)ccc32)c2ccccc21. The van der Waals surface area contributed by atoms with E-state index in [1.165, 1.54) is 4.31 Å². The predicted octanol–water partition coefficient (Wildman–Crippen LogP) is 3.46. The molecule has 0 fully saturated rings. The maximum Gasteiger partial charge on any atom is 0.242 e. The summed E-state index contributed by atoms with van der Waals surface area (Å²) in [6.07, 6.45) is 0.825. The molecule has 1 aliphatic rings. The van der Waals surface area contributed by atoms with Gasteiger partial charge < -0.3 is 9.47 Å². The number of aryl methyl sites for hydroxylation is 1. The summed E-state index contributed by atoms with van der Waals surface area (Å²) in [5.41, 5.74) is 4.40. The maximum atomic E-state index is 12.4.